The molecule has 1 aromatic rings. The summed E-state index contributed by atoms with van der Waals surface area (Å²) in [5.74, 6) is -0.511. The molecular formula is C14H19NO4. The van der Waals surface area contributed by atoms with Crippen LogP contribution in [0.3, 0.4) is 0 Å². The van der Waals surface area contributed by atoms with Crippen LogP contribution in [0.25, 0.3) is 0 Å². The van der Waals surface area contributed by atoms with Gasteiger partial charge in [-0.15, -0.1) is 0 Å². The lowest BCUT2D eigenvalue weighted by atomic mass is 9.87. The van der Waals surface area contributed by atoms with E-state index in [1.165, 1.54) is 0 Å². The number of carbonyl (C=O) groups excluding carboxylic acids is 1. The number of hydrogen-bond donors (Lipinski definition) is 2. The Hall–Kier alpha value is -1.43. The Morgan fingerprint density at radius 3 is 2.63 bits per heavy atom. The Balaban J connectivity index is 1.92. The molecule has 0 aromatic heterocycles. The molecule has 1 aliphatic heterocycles. The third kappa shape index (κ3) is 2.78. The number of esters is 1. The molecule has 0 saturated carbocycles. The van der Waals surface area contributed by atoms with E-state index in [0.29, 0.717) is 5.56 Å². The minimum absolute atomic E-state index is 0.0821. The summed E-state index contributed by atoms with van der Waals surface area (Å²) in [5.41, 5.74) is 5.62. The number of rotatable bonds is 3. The predicted octanol–water partition coefficient (Wildman–Crippen LogP) is 0.914. The van der Waals surface area contributed by atoms with E-state index < -0.39 is 23.9 Å². The van der Waals surface area contributed by atoms with Crippen molar-refractivity contribution in [3.63, 3.8) is 0 Å². The quantitative estimate of drug-likeness (QED) is 0.794. The number of hydrogen-bond acceptors (Lipinski definition) is 5. The van der Waals surface area contributed by atoms with E-state index in [4.69, 9.17) is 15.2 Å². The van der Waals surface area contributed by atoms with E-state index in [2.05, 4.69) is 0 Å². The molecule has 1 saturated heterocycles. The van der Waals surface area contributed by atoms with Gasteiger partial charge >= 0.3 is 5.97 Å². The molecule has 1 aromatic carbocycles. The van der Waals surface area contributed by atoms with Gasteiger partial charge in [-0.25, -0.2) is 4.79 Å². The standard InChI is InChI=1S/C14H19NO4/c1-9-11(19-13(17)14(9,2)15)8-18-12(16)10-6-4-3-5-7-10/h3-7,9,11,13,17H,8,15H2,1-2H3/t9-,11-,13?,14-/m1/s1. The van der Waals surface area contributed by atoms with Crippen molar-refractivity contribution < 1.29 is 19.4 Å². The molecule has 0 amide bonds. The Kier molecular flexibility index (Phi) is 3.89. The van der Waals surface area contributed by atoms with Crippen LogP contribution in [-0.4, -0.2) is 35.6 Å². The maximum atomic E-state index is 11.8. The molecule has 2 rings (SSSR count). The normalized spacial score (nSPS) is 34.2. The molecule has 0 aliphatic carbocycles. The molecule has 5 heteroatoms. The molecule has 5 nitrogen and oxygen atoms in total. The largest absolute Gasteiger partial charge is 0.459 e. The highest BCUT2D eigenvalue weighted by Gasteiger charge is 2.48. The van der Waals surface area contributed by atoms with Crippen molar-refractivity contribution in [3.8, 4) is 0 Å². The van der Waals surface area contributed by atoms with Gasteiger partial charge in [0.15, 0.2) is 6.29 Å². The van der Waals surface area contributed by atoms with Crippen LogP contribution in [0.5, 0.6) is 0 Å². The lowest BCUT2D eigenvalue weighted by molar-refractivity contribution is -0.120. The lowest BCUT2D eigenvalue weighted by Gasteiger charge is -2.25. The summed E-state index contributed by atoms with van der Waals surface area (Å²) in [4.78, 5) is 11.8. The van der Waals surface area contributed by atoms with Gasteiger partial charge in [0.25, 0.3) is 0 Å². The summed E-state index contributed by atoms with van der Waals surface area (Å²) >= 11 is 0. The van der Waals surface area contributed by atoms with Crippen molar-refractivity contribution in [1.29, 1.82) is 0 Å². The Labute approximate surface area is 112 Å². The third-order valence-corrected chi connectivity index (χ3v) is 3.76. The van der Waals surface area contributed by atoms with Crippen LogP contribution in [0.2, 0.25) is 0 Å². The fourth-order valence-electron chi connectivity index (χ4n) is 2.05. The van der Waals surface area contributed by atoms with Gasteiger partial charge in [-0.1, -0.05) is 25.1 Å². The SMILES string of the molecule is C[C@@H]1[C@@H](COC(=O)c2ccccc2)OC(O)[C@]1(C)N. The molecule has 0 spiro atoms. The Morgan fingerprint density at radius 2 is 2.11 bits per heavy atom. The van der Waals surface area contributed by atoms with Crippen molar-refractivity contribution in [2.75, 3.05) is 6.61 Å². The highest BCUT2D eigenvalue weighted by molar-refractivity contribution is 5.89. The zero-order chi connectivity index (χ0) is 14.0. The van der Waals surface area contributed by atoms with Crippen LogP contribution in [0.4, 0.5) is 0 Å². The second-order valence-corrected chi connectivity index (χ2v) is 5.15. The van der Waals surface area contributed by atoms with E-state index in [9.17, 15) is 9.90 Å². The van der Waals surface area contributed by atoms with Crippen molar-refractivity contribution in [2.45, 2.75) is 31.8 Å². The van der Waals surface area contributed by atoms with Crippen LogP contribution in [0, 0.1) is 5.92 Å². The van der Waals surface area contributed by atoms with Gasteiger partial charge in [-0.05, 0) is 19.1 Å². The van der Waals surface area contributed by atoms with E-state index in [0.717, 1.165) is 0 Å². The van der Waals surface area contributed by atoms with Crippen LogP contribution in [-0.2, 0) is 9.47 Å². The van der Waals surface area contributed by atoms with Gasteiger partial charge in [0.05, 0.1) is 17.2 Å². The molecular weight excluding hydrogens is 246 g/mol. The maximum absolute atomic E-state index is 11.8. The van der Waals surface area contributed by atoms with Crippen molar-refractivity contribution >= 4 is 5.97 Å². The van der Waals surface area contributed by atoms with Crippen LogP contribution >= 0.6 is 0 Å². The first-order valence-electron chi connectivity index (χ1n) is 6.27. The molecule has 1 heterocycles. The number of aliphatic hydroxyl groups is 1. The summed E-state index contributed by atoms with van der Waals surface area (Å²) in [6.45, 7) is 3.68. The minimum Gasteiger partial charge on any atom is -0.459 e. The lowest BCUT2D eigenvalue weighted by Crippen LogP contribution is -2.49. The maximum Gasteiger partial charge on any atom is 0.338 e. The molecule has 3 N–H and O–H groups in total. The van der Waals surface area contributed by atoms with Gasteiger partial charge < -0.3 is 20.3 Å². The molecule has 1 aliphatic rings. The number of ether oxygens (including phenoxy) is 2. The second-order valence-electron chi connectivity index (χ2n) is 5.15. The Morgan fingerprint density at radius 1 is 1.47 bits per heavy atom. The average Bonchev–Trinajstić information content (AvgIpc) is 2.60. The number of benzene rings is 1. The van der Waals surface area contributed by atoms with Gasteiger partial charge in [0, 0.05) is 5.92 Å². The fraction of sp³-hybridized carbons (Fsp3) is 0.500. The average molecular weight is 265 g/mol. The molecule has 0 radical (unpaired) electrons. The summed E-state index contributed by atoms with van der Waals surface area (Å²) in [5, 5.41) is 9.69. The molecule has 1 fully saturated rings. The Bertz CT molecular complexity index is 446. The first-order chi connectivity index (χ1) is 8.93. The molecule has 0 bridgehead atoms. The van der Waals surface area contributed by atoms with Crippen molar-refractivity contribution in [1.82, 2.24) is 0 Å². The topological polar surface area (TPSA) is 81.8 Å². The smallest absolute Gasteiger partial charge is 0.338 e. The highest BCUT2D eigenvalue weighted by Crippen LogP contribution is 2.32. The minimum atomic E-state index is -1.04. The van der Waals surface area contributed by atoms with E-state index in [-0.39, 0.29) is 12.5 Å². The van der Waals surface area contributed by atoms with Crippen molar-refractivity contribution in [3.05, 3.63) is 35.9 Å². The monoisotopic (exact) mass is 265 g/mol. The summed E-state index contributed by atoms with van der Waals surface area (Å²) in [7, 11) is 0. The van der Waals surface area contributed by atoms with Crippen LogP contribution in [0.1, 0.15) is 24.2 Å². The molecule has 104 valence electrons. The second kappa shape index (κ2) is 5.28. The number of nitrogens with two attached hydrogens (primary N) is 1. The molecule has 1 unspecified atom stereocenters. The van der Waals surface area contributed by atoms with Gasteiger partial charge in [-0.2, -0.15) is 0 Å². The van der Waals surface area contributed by atoms with Crippen LogP contribution < -0.4 is 5.73 Å². The van der Waals surface area contributed by atoms with E-state index in [1.54, 1.807) is 31.2 Å². The molecule has 4 atom stereocenters. The third-order valence-electron chi connectivity index (χ3n) is 3.76. The summed E-state index contributed by atoms with van der Waals surface area (Å²) in [6.07, 6.45) is -1.43. The van der Waals surface area contributed by atoms with Crippen molar-refractivity contribution in [2.24, 2.45) is 11.7 Å². The zero-order valence-electron chi connectivity index (χ0n) is 11.1. The summed E-state index contributed by atoms with van der Waals surface area (Å²) < 4.78 is 10.5. The van der Waals surface area contributed by atoms with E-state index >= 15 is 0 Å². The highest BCUT2D eigenvalue weighted by atomic mass is 16.6. The summed E-state index contributed by atoms with van der Waals surface area (Å²) in [6, 6.07) is 8.74. The van der Waals surface area contributed by atoms with Crippen LogP contribution in [0.15, 0.2) is 30.3 Å². The predicted molar refractivity (Wildman–Crippen MR) is 69.4 cm³/mol. The molecule has 19 heavy (non-hydrogen) atoms. The fourth-order valence-corrected chi connectivity index (χ4v) is 2.05. The number of carbonyl (C=O) groups is 1. The number of aliphatic hydroxyl groups excluding tert-OH is 1. The van der Waals surface area contributed by atoms with Gasteiger partial charge in [0.1, 0.15) is 6.61 Å². The van der Waals surface area contributed by atoms with E-state index in [1.807, 2.05) is 13.0 Å². The van der Waals surface area contributed by atoms with Gasteiger partial charge in [-0.3, -0.25) is 0 Å². The van der Waals surface area contributed by atoms with Gasteiger partial charge in [0.2, 0.25) is 0 Å². The zero-order valence-corrected chi connectivity index (χ0v) is 11.1. The first-order valence-corrected chi connectivity index (χ1v) is 6.27. The first kappa shape index (κ1) is 14.0.